The van der Waals surface area contributed by atoms with Crippen LogP contribution in [0, 0.1) is 5.82 Å². The number of aryl methyl sites for hydroxylation is 1. The molecule has 164 valence electrons. The van der Waals surface area contributed by atoms with Gasteiger partial charge in [0.25, 0.3) is 5.91 Å². The van der Waals surface area contributed by atoms with Crippen molar-refractivity contribution in [3.8, 4) is 0 Å². The van der Waals surface area contributed by atoms with Crippen LogP contribution in [0.15, 0.2) is 52.9 Å². The van der Waals surface area contributed by atoms with E-state index in [-0.39, 0.29) is 22.0 Å². The second-order valence-corrected chi connectivity index (χ2v) is 10.3. The van der Waals surface area contributed by atoms with Crippen molar-refractivity contribution >= 4 is 41.8 Å². The highest BCUT2D eigenvalue weighted by atomic mass is 32.2. The van der Waals surface area contributed by atoms with Gasteiger partial charge >= 0.3 is 0 Å². The molecule has 1 atom stereocenters. The molecule has 3 aromatic rings. The van der Waals surface area contributed by atoms with E-state index in [1.54, 1.807) is 30.1 Å². The molecule has 3 N–H and O–H groups in total. The van der Waals surface area contributed by atoms with Gasteiger partial charge in [0.05, 0.1) is 22.4 Å². The Morgan fingerprint density at radius 3 is 2.74 bits per heavy atom. The minimum Gasteiger partial charge on any atom is -0.398 e. The number of pyridine rings is 1. The Morgan fingerprint density at radius 1 is 1.35 bits per heavy atom. The Kier molecular flexibility index (Phi) is 7.15. The summed E-state index contributed by atoms with van der Waals surface area (Å²) in [5.74, 6) is -0.845. The molecule has 31 heavy (non-hydrogen) atoms. The van der Waals surface area contributed by atoms with Gasteiger partial charge in [0, 0.05) is 38.0 Å². The maximum absolute atomic E-state index is 14.4. The summed E-state index contributed by atoms with van der Waals surface area (Å²) >= 11 is 1.09. The van der Waals surface area contributed by atoms with E-state index in [1.807, 2.05) is 6.92 Å². The van der Waals surface area contributed by atoms with Crippen molar-refractivity contribution in [1.82, 2.24) is 14.5 Å². The summed E-state index contributed by atoms with van der Waals surface area (Å²) in [6.07, 6.45) is 5.49. The van der Waals surface area contributed by atoms with Crippen molar-refractivity contribution in [3.63, 3.8) is 0 Å². The van der Waals surface area contributed by atoms with E-state index in [1.165, 1.54) is 25.0 Å². The number of rotatable bonds is 8. The number of aromatic nitrogens is 3. The standard InChI is InChI=1S/C20H23FN5O3PS/c1-4-9-29-30(3,28)13-5-6-18(24-12-13)25-19(27)14-10-17(15(21)11-16(14)22)31-20-23-7-8-26(20)2/h5-8,10-12H,4,9,22H2,1-3H3,(H,24,25,27). The molecule has 0 radical (unpaired) electrons. The molecule has 0 bridgehead atoms. The number of nitrogen functional groups attached to an aromatic ring is 1. The number of anilines is 2. The average Bonchev–Trinajstić information content (AvgIpc) is 3.13. The molecule has 3 rings (SSSR count). The third-order valence-electron chi connectivity index (χ3n) is 4.33. The van der Waals surface area contributed by atoms with Crippen LogP contribution < -0.4 is 16.4 Å². The Morgan fingerprint density at radius 2 is 2.13 bits per heavy atom. The number of benzene rings is 1. The zero-order valence-corrected chi connectivity index (χ0v) is 19.0. The van der Waals surface area contributed by atoms with Crippen molar-refractivity contribution in [2.24, 2.45) is 7.05 Å². The molecular formula is C20H23FN5O3PS. The van der Waals surface area contributed by atoms with Crippen LogP contribution in [0.1, 0.15) is 23.7 Å². The maximum Gasteiger partial charge on any atom is 0.258 e. The first-order chi connectivity index (χ1) is 14.7. The van der Waals surface area contributed by atoms with Crippen molar-refractivity contribution in [3.05, 3.63) is 54.2 Å². The molecule has 1 amide bonds. The van der Waals surface area contributed by atoms with Crippen LogP contribution in [0.5, 0.6) is 0 Å². The van der Waals surface area contributed by atoms with E-state index in [4.69, 9.17) is 10.3 Å². The van der Waals surface area contributed by atoms with Gasteiger partial charge in [-0.1, -0.05) is 6.92 Å². The Hall–Kier alpha value is -2.68. The fraction of sp³-hybridized carbons (Fsp3) is 0.250. The highest BCUT2D eigenvalue weighted by Gasteiger charge is 2.20. The lowest BCUT2D eigenvalue weighted by molar-refractivity contribution is 0.102. The van der Waals surface area contributed by atoms with E-state index < -0.39 is 19.1 Å². The van der Waals surface area contributed by atoms with Gasteiger partial charge in [0.2, 0.25) is 7.37 Å². The number of nitrogens with one attached hydrogen (secondary N) is 1. The van der Waals surface area contributed by atoms with Gasteiger partial charge in [0.1, 0.15) is 11.6 Å². The van der Waals surface area contributed by atoms with Gasteiger partial charge < -0.3 is 20.1 Å². The lowest BCUT2D eigenvalue weighted by atomic mass is 10.1. The second-order valence-electron chi connectivity index (χ2n) is 6.83. The summed E-state index contributed by atoms with van der Waals surface area (Å²) in [7, 11) is -1.19. The van der Waals surface area contributed by atoms with Gasteiger partial charge in [-0.05, 0) is 42.4 Å². The van der Waals surface area contributed by atoms with E-state index in [9.17, 15) is 13.8 Å². The number of carbonyl (C=O) groups is 1. The molecule has 0 aliphatic carbocycles. The molecule has 0 saturated heterocycles. The molecular weight excluding hydrogens is 440 g/mol. The normalized spacial score (nSPS) is 13.0. The minimum absolute atomic E-state index is 0.00170. The summed E-state index contributed by atoms with van der Waals surface area (Å²) in [6.45, 7) is 3.84. The summed E-state index contributed by atoms with van der Waals surface area (Å²) in [4.78, 5) is 21.2. The summed E-state index contributed by atoms with van der Waals surface area (Å²) in [6, 6.07) is 5.61. The number of nitrogens with zero attached hydrogens (tertiary/aromatic N) is 3. The van der Waals surface area contributed by atoms with Crippen LogP contribution >= 0.6 is 19.1 Å². The Balaban J connectivity index is 1.78. The molecule has 0 saturated carbocycles. The third-order valence-corrected chi connectivity index (χ3v) is 7.31. The lowest BCUT2D eigenvalue weighted by Gasteiger charge is -2.14. The van der Waals surface area contributed by atoms with E-state index in [0.717, 1.165) is 24.2 Å². The molecule has 0 aliphatic heterocycles. The lowest BCUT2D eigenvalue weighted by Crippen LogP contribution is -2.16. The number of amides is 1. The highest BCUT2D eigenvalue weighted by Crippen LogP contribution is 2.41. The zero-order chi connectivity index (χ0) is 22.6. The summed E-state index contributed by atoms with van der Waals surface area (Å²) in [5.41, 5.74) is 5.98. The molecule has 0 fully saturated rings. The van der Waals surface area contributed by atoms with Gasteiger partial charge in [-0.15, -0.1) is 0 Å². The molecule has 8 nitrogen and oxygen atoms in total. The largest absolute Gasteiger partial charge is 0.398 e. The van der Waals surface area contributed by atoms with E-state index in [0.29, 0.717) is 17.1 Å². The van der Waals surface area contributed by atoms with Gasteiger partial charge in [-0.2, -0.15) is 0 Å². The number of hydrogen-bond donors (Lipinski definition) is 2. The zero-order valence-electron chi connectivity index (χ0n) is 17.3. The first kappa shape index (κ1) is 23.0. The predicted molar refractivity (Wildman–Crippen MR) is 120 cm³/mol. The molecule has 0 spiro atoms. The van der Waals surface area contributed by atoms with Crippen molar-refractivity contribution < 1.29 is 18.3 Å². The van der Waals surface area contributed by atoms with Crippen LogP contribution in [-0.4, -0.2) is 33.7 Å². The molecule has 2 aromatic heterocycles. The third kappa shape index (κ3) is 5.52. The van der Waals surface area contributed by atoms with Gasteiger partial charge in [-0.25, -0.2) is 14.4 Å². The molecule has 2 heterocycles. The van der Waals surface area contributed by atoms with Crippen LogP contribution in [0.4, 0.5) is 15.9 Å². The first-order valence-corrected chi connectivity index (χ1v) is 12.3. The molecule has 11 heteroatoms. The number of halogens is 1. The smallest absolute Gasteiger partial charge is 0.258 e. The van der Waals surface area contributed by atoms with Crippen LogP contribution in [-0.2, 0) is 16.1 Å². The Bertz CT molecular complexity index is 1140. The predicted octanol–water partition coefficient (Wildman–Crippen LogP) is 3.90. The first-order valence-electron chi connectivity index (χ1n) is 9.45. The SMILES string of the molecule is CCCOP(C)(=O)c1ccc(NC(=O)c2cc(Sc3nccn3C)c(F)cc2N)nc1. The summed E-state index contributed by atoms with van der Waals surface area (Å²) in [5, 5.41) is 3.65. The van der Waals surface area contributed by atoms with Gasteiger partial charge in [-0.3, -0.25) is 9.36 Å². The Labute approximate surface area is 183 Å². The quantitative estimate of drug-likeness (QED) is 0.385. The minimum atomic E-state index is -2.97. The van der Waals surface area contributed by atoms with Crippen LogP contribution in [0.25, 0.3) is 0 Å². The fourth-order valence-electron chi connectivity index (χ4n) is 2.62. The van der Waals surface area contributed by atoms with Crippen molar-refractivity contribution in [2.45, 2.75) is 23.4 Å². The topological polar surface area (TPSA) is 112 Å². The number of nitrogens with two attached hydrogens (primary N) is 1. The second kappa shape index (κ2) is 9.64. The molecule has 1 unspecified atom stereocenters. The summed E-state index contributed by atoms with van der Waals surface area (Å²) < 4.78 is 34.1. The highest BCUT2D eigenvalue weighted by molar-refractivity contribution is 7.99. The number of carbonyl (C=O) groups excluding carboxylic acids is 1. The molecule has 1 aromatic carbocycles. The average molecular weight is 463 g/mol. The monoisotopic (exact) mass is 463 g/mol. The van der Waals surface area contributed by atoms with Crippen molar-refractivity contribution in [2.75, 3.05) is 24.3 Å². The number of imidazole rings is 1. The fourth-order valence-corrected chi connectivity index (χ4v) is 4.76. The molecule has 0 aliphatic rings. The van der Waals surface area contributed by atoms with E-state index in [2.05, 4.69) is 15.3 Å². The number of hydrogen-bond acceptors (Lipinski definition) is 7. The van der Waals surface area contributed by atoms with Crippen molar-refractivity contribution in [1.29, 1.82) is 0 Å². The van der Waals surface area contributed by atoms with Crippen LogP contribution in [0.2, 0.25) is 0 Å². The maximum atomic E-state index is 14.4. The van der Waals surface area contributed by atoms with Crippen LogP contribution in [0.3, 0.4) is 0 Å². The van der Waals surface area contributed by atoms with E-state index >= 15 is 0 Å². The van der Waals surface area contributed by atoms with Gasteiger partial charge in [0.15, 0.2) is 5.16 Å².